The molecule has 0 saturated heterocycles. The Morgan fingerprint density at radius 3 is 2.66 bits per heavy atom. The molecule has 0 aliphatic carbocycles. The molecular weight excluding hydrogens is 356 g/mol. The molecule has 3 aromatic heterocycles. The third kappa shape index (κ3) is 2.28. The fourth-order valence-electron chi connectivity index (χ4n) is 4.35. The van der Waals surface area contributed by atoms with E-state index in [0.29, 0.717) is 0 Å². The minimum Gasteiger partial charge on any atom is -0.452 e. The molecule has 29 heavy (non-hydrogen) atoms. The van der Waals surface area contributed by atoms with Gasteiger partial charge in [-0.15, -0.1) is 6.58 Å². The molecule has 0 aliphatic rings. The third-order valence-electron chi connectivity index (χ3n) is 5.59. The number of fused-ring (bicyclic) bond motifs is 6. The summed E-state index contributed by atoms with van der Waals surface area (Å²) in [4.78, 5) is 4.54. The molecule has 0 atom stereocenters. The summed E-state index contributed by atoms with van der Waals surface area (Å²) >= 11 is 0. The summed E-state index contributed by atoms with van der Waals surface area (Å²) < 4.78 is 8.57. The Hall–Kier alpha value is -3.85. The minimum absolute atomic E-state index is 0.809. The Morgan fingerprint density at radius 2 is 1.72 bits per heavy atom. The van der Waals surface area contributed by atoms with Gasteiger partial charge in [-0.25, -0.2) is 0 Å². The highest BCUT2D eigenvalue weighted by atomic mass is 16.3. The summed E-state index contributed by atoms with van der Waals surface area (Å²) in [5.74, 6) is 0. The van der Waals surface area contributed by atoms with Crippen LogP contribution in [0.15, 0.2) is 96.1 Å². The zero-order valence-electron chi connectivity index (χ0n) is 15.8. The second-order valence-corrected chi connectivity index (χ2v) is 7.30. The largest absolute Gasteiger partial charge is 0.452 e. The number of hydrogen-bond acceptors (Lipinski definition) is 2. The summed E-state index contributed by atoms with van der Waals surface area (Å²) in [7, 11) is 0. The van der Waals surface area contributed by atoms with Gasteiger partial charge in [0.1, 0.15) is 5.52 Å². The van der Waals surface area contributed by atoms with Gasteiger partial charge in [0.05, 0.1) is 16.7 Å². The number of aromatic nitrogens is 2. The van der Waals surface area contributed by atoms with Gasteiger partial charge in [0.15, 0.2) is 11.2 Å². The number of rotatable bonds is 3. The molecule has 3 heterocycles. The second-order valence-electron chi connectivity index (χ2n) is 7.30. The van der Waals surface area contributed by atoms with Crippen molar-refractivity contribution in [2.75, 3.05) is 0 Å². The van der Waals surface area contributed by atoms with Gasteiger partial charge in [-0.3, -0.25) is 4.98 Å². The van der Waals surface area contributed by atoms with Crippen molar-refractivity contribution in [2.45, 2.75) is 6.42 Å². The van der Waals surface area contributed by atoms with Crippen molar-refractivity contribution in [1.29, 1.82) is 0 Å². The highest BCUT2D eigenvalue weighted by Gasteiger charge is 2.17. The Balaban J connectivity index is 1.76. The zero-order valence-corrected chi connectivity index (χ0v) is 15.8. The van der Waals surface area contributed by atoms with E-state index in [9.17, 15) is 0 Å². The number of allylic oxidation sites excluding steroid dienone is 1. The molecule has 0 amide bonds. The van der Waals surface area contributed by atoms with Crippen LogP contribution in [0, 0.1) is 0 Å². The van der Waals surface area contributed by atoms with Crippen LogP contribution in [0.5, 0.6) is 0 Å². The molecule has 0 fully saturated rings. The van der Waals surface area contributed by atoms with E-state index in [4.69, 9.17) is 4.42 Å². The predicted octanol–water partition coefficient (Wildman–Crippen LogP) is 6.81. The van der Waals surface area contributed by atoms with Crippen LogP contribution >= 0.6 is 0 Å². The smallest absolute Gasteiger partial charge is 0.161 e. The van der Waals surface area contributed by atoms with Crippen LogP contribution < -0.4 is 0 Å². The van der Waals surface area contributed by atoms with Crippen LogP contribution in [0.1, 0.15) is 5.56 Å². The first-order valence-electron chi connectivity index (χ1n) is 9.75. The van der Waals surface area contributed by atoms with E-state index < -0.39 is 0 Å². The van der Waals surface area contributed by atoms with Crippen LogP contribution in [0.2, 0.25) is 0 Å². The SMILES string of the molecule is C=CCc1ccc2c(c1)c1ccccc1n2-c1cccc2c1oc1cccnc12. The highest BCUT2D eigenvalue weighted by molar-refractivity contribution is 6.12. The average Bonchev–Trinajstić information content (AvgIpc) is 3.30. The second kappa shape index (κ2) is 6.08. The van der Waals surface area contributed by atoms with E-state index in [1.54, 1.807) is 0 Å². The van der Waals surface area contributed by atoms with Gasteiger partial charge >= 0.3 is 0 Å². The summed E-state index contributed by atoms with van der Waals surface area (Å²) in [6.07, 6.45) is 4.62. The molecule has 0 bridgehead atoms. The van der Waals surface area contributed by atoms with Gasteiger partial charge in [-0.1, -0.05) is 36.4 Å². The molecule has 138 valence electrons. The Morgan fingerprint density at radius 1 is 0.862 bits per heavy atom. The molecule has 3 heteroatoms. The maximum atomic E-state index is 6.27. The van der Waals surface area contributed by atoms with Crippen LogP contribution in [0.25, 0.3) is 49.6 Å². The maximum absolute atomic E-state index is 6.27. The first-order valence-corrected chi connectivity index (χ1v) is 9.75. The van der Waals surface area contributed by atoms with Gasteiger partial charge in [0.2, 0.25) is 0 Å². The third-order valence-corrected chi connectivity index (χ3v) is 5.59. The van der Waals surface area contributed by atoms with E-state index in [1.807, 2.05) is 24.4 Å². The molecular formula is C26H18N2O. The van der Waals surface area contributed by atoms with Crippen molar-refractivity contribution in [3.05, 3.63) is 97.2 Å². The lowest BCUT2D eigenvalue weighted by Crippen LogP contribution is -1.94. The van der Waals surface area contributed by atoms with E-state index in [1.165, 1.54) is 27.4 Å². The molecule has 6 aromatic rings. The maximum Gasteiger partial charge on any atom is 0.161 e. The highest BCUT2D eigenvalue weighted by Crippen LogP contribution is 2.37. The number of benzene rings is 3. The van der Waals surface area contributed by atoms with Gasteiger partial charge < -0.3 is 8.98 Å². The van der Waals surface area contributed by atoms with Gasteiger partial charge in [-0.05, 0) is 54.4 Å². The number of nitrogens with zero attached hydrogens (tertiary/aromatic N) is 2. The first-order chi connectivity index (χ1) is 14.3. The van der Waals surface area contributed by atoms with Crippen molar-refractivity contribution in [1.82, 2.24) is 9.55 Å². The first kappa shape index (κ1) is 16.1. The predicted molar refractivity (Wildman–Crippen MR) is 120 cm³/mol. The Bertz CT molecular complexity index is 1550. The van der Waals surface area contributed by atoms with Crippen LogP contribution in [-0.2, 0) is 6.42 Å². The number of furan rings is 1. The normalized spacial score (nSPS) is 11.7. The monoisotopic (exact) mass is 374 g/mol. The molecule has 0 unspecified atom stereocenters. The van der Waals surface area contributed by atoms with Crippen LogP contribution in [0.4, 0.5) is 0 Å². The van der Waals surface area contributed by atoms with Crippen molar-refractivity contribution < 1.29 is 4.42 Å². The quantitative estimate of drug-likeness (QED) is 0.319. The molecule has 0 spiro atoms. The number of pyridine rings is 1. The van der Waals surface area contributed by atoms with Crippen molar-refractivity contribution in [2.24, 2.45) is 0 Å². The fourth-order valence-corrected chi connectivity index (χ4v) is 4.35. The fraction of sp³-hybridized carbons (Fsp3) is 0.0385. The summed E-state index contributed by atoms with van der Waals surface area (Å²) in [6, 6.07) is 25.3. The standard InChI is InChI=1S/C26H18N2O/c1-2-7-17-13-14-22-20(16-17)18-8-3-4-10-21(18)28(22)23-11-5-9-19-25-24(29-26(19)23)12-6-15-27-25/h2-6,8-16H,1,7H2. The summed E-state index contributed by atoms with van der Waals surface area (Å²) in [6.45, 7) is 3.88. The molecule has 0 radical (unpaired) electrons. The molecule has 3 aromatic carbocycles. The summed E-state index contributed by atoms with van der Waals surface area (Å²) in [5.41, 5.74) is 7.20. The van der Waals surface area contributed by atoms with Crippen LogP contribution in [-0.4, -0.2) is 9.55 Å². The summed E-state index contributed by atoms with van der Waals surface area (Å²) in [5, 5.41) is 3.51. The van der Waals surface area contributed by atoms with E-state index >= 15 is 0 Å². The lowest BCUT2D eigenvalue weighted by atomic mass is 10.1. The number of hydrogen-bond donors (Lipinski definition) is 0. The Kier molecular flexibility index (Phi) is 3.38. The average molecular weight is 374 g/mol. The van der Waals surface area contributed by atoms with Gasteiger partial charge in [0, 0.05) is 22.4 Å². The number of para-hydroxylation sites is 2. The van der Waals surface area contributed by atoms with Gasteiger partial charge in [0.25, 0.3) is 0 Å². The lowest BCUT2D eigenvalue weighted by molar-refractivity contribution is 0.665. The van der Waals surface area contributed by atoms with Crippen molar-refractivity contribution >= 4 is 43.9 Å². The van der Waals surface area contributed by atoms with Crippen LogP contribution in [0.3, 0.4) is 0 Å². The van der Waals surface area contributed by atoms with Crippen molar-refractivity contribution in [3.63, 3.8) is 0 Å². The zero-order chi connectivity index (χ0) is 19.4. The lowest BCUT2D eigenvalue weighted by Gasteiger charge is -2.08. The molecule has 6 rings (SSSR count). The topological polar surface area (TPSA) is 31.0 Å². The van der Waals surface area contributed by atoms with Crippen molar-refractivity contribution in [3.8, 4) is 5.69 Å². The molecule has 0 aliphatic heterocycles. The molecule has 3 nitrogen and oxygen atoms in total. The minimum atomic E-state index is 0.809. The van der Waals surface area contributed by atoms with Gasteiger partial charge in [-0.2, -0.15) is 0 Å². The van der Waals surface area contributed by atoms with E-state index in [-0.39, 0.29) is 0 Å². The van der Waals surface area contributed by atoms with E-state index in [0.717, 1.165) is 34.2 Å². The molecule has 0 saturated carbocycles. The van der Waals surface area contributed by atoms with E-state index in [2.05, 4.69) is 76.8 Å². The Labute approximate surface area is 167 Å². The molecule has 0 N–H and O–H groups in total.